The highest BCUT2D eigenvalue weighted by Crippen LogP contribution is 2.21. The predicted molar refractivity (Wildman–Crippen MR) is 106 cm³/mol. The minimum Gasteiger partial charge on any atom is -0.334 e. The molecule has 2 aromatic carbocycles. The maximum absolute atomic E-state index is 12.2. The van der Waals surface area contributed by atoms with Crippen LogP contribution in [0.15, 0.2) is 53.3 Å². The van der Waals surface area contributed by atoms with Crippen LogP contribution in [0.3, 0.4) is 0 Å². The van der Waals surface area contributed by atoms with Gasteiger partial charge in [0.05, 0.1) is 10.9 Å². The Morgan fingerprint density at radius 1 is 0.962 bits per heavy atom. The molecule has 1 atom stereocenters. The second-order valence-electron chi connectivity index (χ2n) is 7.56. The van der Waals surface area contributed by atoms with Crippen LogP contribution in [0.25, 0.3) is 10.9 Å². The zero-order valence-electron chi connectivity index (χ0n) is 16.0. The smallest absolute Gasteiger partial charge is 0.258 e. The van der Waals surface area contributed by atoms with Crippen molar-refractivity contribution < 1.29 is 5.32 Å². The van der Waals surface area contributed by atoms with Crippen LogP contribution in [0, 0.1) is 5.92 Å². The molecule has 3 aromatic rings. The summed E-state index contributed by atoms with van der Waals surface area (Å²) in [7, 11) is 0. The van der Waals surface area contributed by atoms with E-state index in [0.717, 1.165) is 11.3 Å². The van der Waals surface area contributed by atoms with Gasteiger partial charge in [-0.05, 0) is 23.6 Å². The third-order valence-electron chi connectivity index (χ3n) is 4.93. The number of benzene rings is 2. The van der Waals surface area contributed by atoms with Gasteiger partial charge in [0.1, 0.15) is 12.6 Å². The number of nitrogens with zero attached hydrogens (tertiary/aromatic N) is 1. The highest BCUT2D eigenvalue weighted by Gasteiger charge is 2.20. The molecule has 0 aliphatic rings. The maximum Gasteiger partial charge on any atom is 0.258 e. The first kappa shape index (κ1) is 18.3. The molecule has 0 aliphatic carbocycles. The molecule has 0 fully saturated rings. The first-order chi connectivity index (χ1) is 12.5. The molecular formula is C22H28N3O+. The Morgan fingerprint density at radius 3 is 2.27 bits per heavy atom. The van der Waals surface area contributed by atoms with Crippen LogP contribution >= 0.6 is 0 Å². The van der Waals surface area contributed by atoms with Crippen molar-refractivity contribution >= 4 is 10.9 Å². The summed E-state index contributed by atoms with van der Waals surface area (Å²) < 4.78 is 0. The van der Waals surface area contributed by atoms with Crippen LogP contribution < -0.4 is 10.9 Å². The number of rotatable bonds is 6. The Morgan fingerprint density at radius 2 is 1.62 bits per heavy atom. The van der Waals surface area contributed by atoms with E-state index >= 15 is 0 Å². The van der Waals surface area contributed by atoms with E-state index in [0.29, 0.717) is 29.8 Å². The quantitative estimate of drug-likeness (QED) is 0.715. The van der Waals surface area contributed by atoms with Gasteiger partial charge in [-0.1, -0.05) is 64.1 Å². The van der Waals surface area contributed by atoms with Crippen molar-refractivity contribution in [2.75, 3.05) is 0 Å². The summed E-state index contributed by atoms with van der Waals surface area (Å²) in [6.45, 7) is 9.53. The largest absolute Gasteiger partial charge is 0.334 e. The van der Waals surface area contributed by atoms with E-state index in [1.165, 1.54) is 11.1 Å². The lowest BCUT2D eigenvalue weighted by atomic mass is 9.93. The first-order valence-corrected chi connectivity index (χ1v) is 9.37. The van der Waals surface area contributed by atoms with E-state index in [1.54, 1.807) is 0 Å². The molecule has 0 aliphatic heterocycles. The molecule has 136 valence electrons. The molecule has 3 N–H and O–H groups in total. The molecule has 4 nitrogen and oxygen atoms in total. The van der Waals surface area contributed by atoms with Gasteiger partial charge >= 0.3 is 0 Å². The normalized spacial score (nSPS) is 12.8. The van der Waals surface area contributed by atoms with Crippen LogP contribution in [-0.4, -0.2) is 9.97 Å². The van der Waals surface area contributed by atoms with E-state index in [1.807, 2.05) is 24.3 Å². The highest BCUT2D eigenvalue weighted by molar-refractivity contribution is 5.77. The van der Waals surface area contributed by atoms with Gasteiger partial charge in [0, 0.05) is 11.5 Å². The minimum atomic E-state index is -0.0682. The van der Waals surface area contributed by atoms with E-state index in [9.17, 15) is 4.79 Å². The summed E-state index contributed by atoms with van der Waals surface area (Å²) in [5, 5.41) is 2.91. The SMILES string of the molecule is CC(C)c1ccc([C@@H]([NH2+]Cc2nc3ccccc3c(=O)[nH]2)C(C)C)cc1. The lowest BCUT2D eigenvalue weighted by Gasteiger charge is -2.20. The Labute approximate surface area is 154 Å². The number of fused-ring (bicyclic) bond motifs is 1. The second-order valence-corrected chi connectivity index (χ2v) is 7.56. The Hall–Kier alpha value is -2.46. The summed E-state index contributed by atoms with van der Waals surface area (Å²) in [4.78, 5) is 19.8. The van der Waals surface area contributed by atoms with E-state index in [2.05, 4.69) is 67.2 Å². The molecular weight excluding hydrogens is 322 g/mol. The molecule has 0 unspecified atom stereocenters. The Balaban J connectivity index is 1.80. The second kappa shape index (κ2) is 7.83. The molecule has 1 aromatic heterocycles. The van der Waals surface area contributed by atoms with Gasteiger partial charge in [-0.25, -0.2) is 4.98 Å². The lowest BCUT2D eigenvalue weighted by Crippen LogP contribution is -2.85. The van der Waals surface area contributed by atoms with Crippen LogP contribution in [0.5, 0.6) is 0 Å². The predicted octanol–water partition coefficient (Wildman–Crippen LogP) is 3.51. The van der Waals surface area contributed by atoms with Crippen molar-refractivity contribution in [2.24, 2.45) is 5.92 Å². The van der Waals surface area contributed by atoms with Gasteiger partial charge in [0.25, 0.3) is 5.56 Å². The number of hydrogen-bond acceptors (Lipinski definition) is 2. The zero-order valence-corrected chi connectivity index (χ0v) is 16.0. The van der Waals surface area contributed by atoms with Crippen molar-refractivity contribution in [3.8, 4) is 0 Å². The standard InChI is InChI=1S/C22H27N3O/c1-14(2)16-9-11-17(12-10-16)21(15(3)4)23-13-20-24-19-8-6-5-7-18(19)22(26)25-20/h5-12,14-15,21,23H,13H2,1-4H3,(H,24,25,26)/p+1/t21-/m0/s1. The third kappa shape index (κ3) is 4.02. The molecule has 0 radical (unpaired) electrons. The number of aromatic nitrogens is 2. The monoisotopic (exact) mass is 350 g/mol. The lowest BCUT2D eigenvalue weighted by molar-refractivity contribution is -0.718. The highest BCUT2D eigenvalue weighted by atomic mass is 16.1. The fourth-order valence-corrected chi connectivity index (χ4v) is 3.37. The summed E-state index contributed by atoms with van der Waals surface area (Å²) in [6.07, 6.45) is 0. The first-order valence-electron chi connectivity index (χ1n) is 9.37. The summed E-state index contributed by atoms with van der Waals surface area (Å²) in [6, 6.07) is 16.7. The number of nitrogens with two attached hydrogens (primary N) is 1. The zero-order chi connectivity index (χ0) is 18.7. The van der Waals surface area contributed by atoms with Crippen molar-refractivity contribution in [1.82, 2.24) is 9.97 Å². The Bertz CT molecular complexity index is 926. The fraction of sp³-hybridized carbons (Fsp3) is 0.364. The van der Waals surface area contributed by atoms with Crippen LogP contribution in [0.2, 0.25) is 0 Å². The third-order valence-corrected chi connectivity index (χ3v) is 4.93. The number of H-pyrrole nitrogens is 1. The Kier molecular flexibility index (Phi) is 5.52. The van der Waals surface area contributed by atoms with Crippen molar-refractivity contribution in [3.05, 3.63) is 75.8 Å². The van der Waals surface area contributed by atoms with Crippen LogP contribution in [0.1, 0.15) is 56.6 Å². The maximum atomic E-state index is 12.2. The van der Waals surface area contributed by atoms with Gasteiger partial charge in [-0.15, -0.1) is 0 Å². The molecule has 0 saturated heterocycles. The van der Waals surface area contributed by atoms with E-state index < -0.39 is 0 Å². The van der Waals surface area contributed by atoms with Crippen LogP contribution in [0.4, 0.5) is 0 Å². The average molecular weight is 350 g/mol. The molecule has 0 saturated carbocycles. The molecule has 0 amide bonds. The fourth-order valence-electron chi connectivity index (χ4n) is 3.37. The number of para-hydroxylation sites is 1. The van der Waals surface area contributed by atoms with Gasteiger partial charge in [-0.2, -0.15) is 0 Å². The molecule has 1 heterocycles. The number of nitrogens with one attached hydrogen (secondary N) is 1. The van der Waals surface area contributed by atoms with E-state index in [4.69, 9.17) is 0 Å². The number of aromatic amines is 1. The van der Waals surface area contributed by atoms with Crippen LogP contribution in [-0.2, 0) is 6.54 Å². The number of hydrogen-bond donors (Lipinski definition) is 2. The molecule has 0 bridgehead atoms. The molecule has 0 spiro atoms. The average Bonchev–Trinajstić information content (AvgIpc) is 2.62. The molecule has 3 rings (SSSR count). The van der Waals surface area contributed by atoms with Gasteiger partial charge in [-0.3, -0.25) is 4.79 Å². The summed E-state index contributed by atoms with van der Waals surface area (Å²) in [5.74, 6) is 1.74. The van der Waals surface area contributed by atoms with Crippen molar-refractivity contribution in [3.63, 3.8) is 0 Å². The van der Waals surface area contributed by atoms with Gasteiger partial charge < -0.3 is 10.3 Å². The number of quaternary nitrogens is 1. The minimum absolute atomic E-state index is 0.0682. The summed E-state index contributed by atoms with van der Waals surface area (Å²) >= 11 is 0. The molecule has 4 heteroatoms. The topological polar surface area (TPSA) is 62.4 Å². The summed E-state index contributed by atoms with van der Waals surface area (Å²) in [5.41, 5.74) is 3.35. The van der Waals surface area contributed by atoms with E-state index in [-0.39, 0.29) is 5.56 Å². The van der Waals surface area contributed by atoms with Gasteiger partial charge in [0.15, 0.2) is 5.82 Å². The van der Waals surface area contributed by atoms with Crippen molar-refractivity contribution in [1.29, 1.82) is 0 Å². The van der Waals surface area contributed by atoms with Crippen molar-refractivity contribution in [2.45, 2.75) is 46.2 Å². The van der Waals surface area contributed by atoms with Gasteiger partial charge in [0.2, 0.25) is 0 Å². The molecule has 26 heavy (non-hydrogen) atoms.